The van der Waals surface area contributed by atoms with Gasteiger partial charge in [-0.3, -0.25) is 10.2 Å². The molecule has 0 unspecified atom stereocenters. The van der Waals surface area contributed by atoms with Crippen LogP contribution in [0.3, 0.4) is 0 Å². The van der Waals surface area contributed by atoms with Gasteiger partial charge in [-0.2, -0.15) is 0 Å². The summed E-state index contributed by atoms with van der Waals surface area (Å²) in [5, 5.41) is 21.8. The third kappa shape index (κ3) is 5.20. The van der Waals surface area contributed by atoms with Crippen molar-refractivity contribution >= 4 is 23.3 Å². The Morgan fingerprint density at radius 1 is 1.41 bits per heavy atom. The van der Waals surface area contributed by atoms with Crippen LogP contribution in [0.1, 0.15) is 31.4 Å². The Hall–Kier alpha value is -3.53. The number of rotatable bonds is 8. The highest BCUT2D eigenvalue weighted by Gasteiger charge is 2.31. The summed E-state index contributed by atoms with van der Waals surface area (Å²) < 4.78 is 20.2. The van der Waals surface area contributed by atoms with Crippen LogP contribution < -0.4 is 10.6 Å². The molecule has 2 aromatic rings. The molecule has 1 saturated heterocycles. The van der Waals surface area contributed by atoms with Crippen molar-refractivity contribution in [2.24, 2.45) is 10.9 Å². The molecule has 0 atom stereocenters. The van der Waals surface area contributed by atoms with Gasteiger partial charge in [0.25, 0.3) is 0 Å². The van der Waals surface area contributed by atoms with Crippen molar-refractivity contribution in [2.75, 3.05) is 25.1 Å². The molecule has 1 aliphatic rings. The quantitative estimate of drug-likeness (QED) is 0.247. The second kappa shape index (κ2) is 9.31. The van der Waals surface area contributed by atoms with Gasteiger partial charge >= 0.3 is 5.97 Å². The fourth-order valence-electron chi connectivity index (χ4n) is 3.32. The number of amidine groups is 1. The van der Waals surface area contributed by atoms with E-state index in [2.05, 4.69) is 10.1 Å². The standard InChI is InChI=1S/C22H26FN5O4/c1-22(2,30)17-7-14(9-26-21(17)28-10-15(11-28)27-31-3)16-6-4-5-13(20(16)23)12-32-19(29)8-18(24)25/h4-7,9,30H,8,10-12H2,1-3H3,(H3,24,25). The minimum atomic E-state index is -1.22. The third-order valence-electron chi connectivity index (χ3n) is 4.91. The monoisotopic (exact) mass is 443 g/mol. The number of aliphatic hydroxyl groups is 1. The summed E-state index contributed by atoms with van der Waals surface area (Å²) in [6.45, 7) is 4.05. The highest BCUT2D eigenvalue weighted by Crippen LogP contribution is 2.35. The van der Waals surface area contributed by atoms with E-state index < -0.39 is 17.4 Å². The molecule has 1 aliphatic heterocycles. The summed E-state index contributed by atoms with van der Waals surface area (Å²) in [5.74, 6) is -0.996. The number of nitrogens with one attached hydrogen (secondary N) is 1. The van der Waals surface area contributed by atoms with Crippen molar-refractivity contribution in [3.05, 3.63) is 47.4 Å². The Kier molecular flexibility index (Phi) is 6.73. The lowest BCUT2D eigenvalue weighted by Gasteiger charge is -2.36. The van der Waals surface area contributed by atoms with Crippen LogP contribution in [-0.2, 0) is 26.6 Å². The van der Waals surface area contributed by atoms with Gasteiger partial charge in [0.05, 0.1) is 24.4 Å². The van der Waals surface area contributed by atoms with Crippen molar-refractivity contribution < 1.29 is 23.9 Å². The van der Waals surface area contributed by atoms with Crippen molar-refractivity contribution in [1.82, 2.24) is 4.98 Å². The largest absolute Gasteiger partial charge is 0.460 e. The number of nitrogens with zero attached hydrogens (tertiary/aromatic N) is 3. The zero-order chi connectivity index (χ0) is 23.5. The molecule has 3 rings (SSSR count). The average molecular weight is 443 g/mol. The van der Waals surface area contributed by atoms with Crippen LogP contribution in [-0.4, -0.2) is 47.8 Å². The van der Waals surface area contributed by atoms with Gasteiger partial charge in [-0.25, -0.2) is 9.37 Å². The molecule has 0 aliphatic carbocycles. The van der Waals surface area contributed by atoms with Gasteiger partial charge in [0, 0.05) is 28.5 Å². The van der Waals surface area contributed by atoms with E-state index >= 15 is 4.39 Å². The predicted molar refractivity (Wildman–Crippen MR) is 118 cm³/mol. The second-order valence-corrected chi connectivity index (χ2v) is 7.99. The van der Waals surface area contributed by atoms with Crippen molar-refractivity contribution in [2.45, 2.75) is 32.5 Å². The van der Waals surface area contributed by atoms with E-state index in [-0.39, 0.29) is 30.0 Å². The van der Waals surface area contributed by atoms with Crippen LogP contribution in [0.25, 0.3) is 11.1 Å². The van der Waals surface area contributed by atoms with Crippen LogP contribution in [0.4, 0.5) is 10.2 Å². The summed E-state index contributed by atoms with van der Waals surface area (Å²) >= 11 is 0. The van der Waals surface area contributed by atoms with Gasteiger partial charge in [-0.05, 0) is 19.9 Å². The topological polar surface area (TPSA) is 134 Å². The van der Waals surface area contributed by atoms with Gasteiger partial charge < -0.3 is 25.3 Å². The van der Waals surface area contributed by atoms with Crippen LogP contribution in [0, 0.1) is 11.2 Å². The molecule has 0 spiro atoms. The van der Waals surface area contributed by atoms with E-state index in [0.717, 1.165) is 5.71 Å². The number of benzene rings is 1. The minimum Gasteiger partial charge on any atom is -0.460 e. The molecule has 0 radical (unpaired) electrons. The number of esters is 1. The number of nitrogens with two attached hydrogens (primary N) is 1. The maximum Gasteiger partial charge on any atom is 0.313 e. The Labute approximate surface area is 185 Å². The van der Waals surface area contributed by atoms with Crippen molar-refractivity contribution in [3.63, 3.8) is 0 Å². The van der Waals surface area contributed by atoms with Crippen LogP contribution in [0.5, 0.6) is 0 Å². The molecular formula is C22H26FN5O4. The zero-order valence-electron chi connectivity index (χ0n) is 18.2. The molecule has 4 N–H and O–H groups in total. The van der Waals surface area contributed by atoms with Gasteiger partial charge in [-0.1, -0.05) is 23.4 Å². The molecule has 10 heteroatoms. The minimum absolute atomic E-state index is 0.177. The predicted octanol–water partition coefficient (Wildman–Crippen LogP) is 2.31. The van der Waals surface area contributed by atoms with Crippen LogP contribution >= 0.6 is 0 Å². The number of hydrogen-bond acceptors (Lipinski definition) is 8. The fraction of sp³-hybridized carbons (Fsp3) is 0.364. The lowest BCUT2D eigenvalue weighted by molar-refractivity contribution is -0.143. The molecule has 2 heterocycles. The SMILES string of the molecule is CON=C1CN(c2ncc(-c3cccc(COC(=O)CC(=N)N)c3F)cc2C(C)(C)O)C1. The number of ether oxygens (including phenoxy) is 1. The average Bonchev–Trinajstić information content (AvgIpc) is 2.68. The first-order valence-corrected chi connectivity index (χ1v) is 9.93. The molecule has 9 nitrogen and oxygen atoms in total. The number of halogens is 1. The highest BCUT2D eigenvalue weighted by molar-refractivity contribution is 5.99. The number of oxime groups is 1. The number of carbonyl (C=O) groups excluding carboxylic acids is 1. The maximum atomic E-state index is 15.2. The summed E-state index contributed by atoms with van der Waals surface area (Å²) in [7, 11) is 1.48. The van der Waals surface area contributed by atoms with Gasteiger partial charge in [0.2, 0.25) is 0 Å². The van der Waals surface area contributed by atoms with Crippen molar-refractivity contribution in [3.8, 4) is 11.1 Å². The van der Waals surface area contributed by atoms with Gasteiger partial charge in [0.15, 0.2) is 0 Å². The Balaban J connectivity index is 1.89. The first-order chi connectivity index (χ1) is 15.1. The fourth-order valence-corrected chi connectivity index (χ4v) is 3.32. The summed E-state index contributed by atoms with van der Waals surface area (Å²) in [4.78, 5) is 22.8. The van der Waals surface area contributed by atoms with Crippen LogP contribution in [0.15, 0.2) is 35.6 Å². The van der Waals surface area contributed by atoms with E-state index in [1.54, 1.807) is 38.2 Å². The molecule has 32 heavy (non-hydrogen) atoms. The number of anilines is 1. The first-order valence-electron chi connectivity index (χ1n) is 9.93. The molecule has 170 valence electrons. The second-order valence-electron chi connectivity index (χ2n) is 7.99. The normalized spacial score (nSPS) is 13.4. The van der Waals surface area contributed by atoms with E-state index in [0.29, 0.717) is 30.0 Å². The molecular weight excluding hydrogens is 417 g/mol. The number of carbonyl (C=O) groups is 1. The molecule has 1 aromatic heterocycles. The molecule has 1 fully saturated rings. The van der Waals surface area contributed by atoms with E-state index in [4.69, 9.17) is 20.7 Å². The molecule has 0 bridgehead atoms. The Bertz CT molecular complexity index is 1060. The van der Waals surface area contributed by atoms with Gasteiger partial charge in [0.1, 0.15) is 37.6 Å². The maximum absolute atomic E-state index is 15.2. The van der Waals surface area contributed by atoms with Crippen molar-refractivity contribution in [1.29, 1.82) is 5.41 Å². The van der Waals surface area contributed by atoms with Crippen LogP contribution in [0.2, 0.25) is 0 Å². The molecule has 1 aromatic carbocycles. The number of aromatic nitrogens is 1. The lowest BCUT2D eigenvalue weighted by atomic mass is 9.93. The lowest BCUT2D eigenvalue weighted by Crippen LogP contribution is -2.49. The summed E-state index contributed by atoms with van der Waals surface area (Å²) in [5.41, 5.74) is 6.28. The highest BCUT2D eigenvalue weighted by atomic mass is 19.1. The Morgan fingerprint density at radius 2 is 2.12 bits per heavy atom. The van der Waals surface area contributed by atoms with Gasteiger partial charge in [-0.15, -0.1) is 0 Å². The molecule has 0 saturated carbocycles. The molecule has 0 amide bonds. The summed E-state index contributed by atoms with van der Waals surface area (Å²) in [6.07, 6.45) is 1.19. The zero-order valence-corrected chi connectivity index (χ0v) is 18.2. The first kappa shape index (κ1) is 23.1. The third-order valence-corrected chi connectivity index (χ3v) is 4.91. The Morgan fingerprint density at radius 3 is 2.75 bits per heavy atom. The number of hydrogen-bond donors (Lipinski definition) is 3. The number of pyridine rings is 1. The van der Waals surface area contributed by atoms with E-state index in [1.165, 1.54) is 13.2 Å². The summed E-state index contributed by atoms with van der Waals surface area (Å²) in [6, 6.07) is 6.45. The van der Waals surface area contributed by atoms with E-state index in [1.807, 2.05) is 4.90 Å². The smallest absolute Gasteiger partial charge is 0.313 e. The van der Waals surface area contributed by atoms with E-state index in [9.17, 15) is 9.90 Å².